The molecule has 1 nitrogen and oxygen atoms in total. The first kappa shape index (κ1) is 25.6. The van der Waals surface area contributed by atoms with Gasteiger partial charge < -0.3 is 4.57 Å². The molecule has 0 amide bonds. The maximum atomic E-state index is 2.44. The first-order chi connectivity index (χ1) is 22.8. The summed E-state index contributed by atoms with van der Waals surface area (Å²) in [5.74, 6) is 0. The van der Waals surface area contributed by atoms with Gasteiger partial charge in [-0.05, 0) is 80.2 Å². The molecule has 2 aromatic heterocycles. The highest BCUT2D eigenvalue weighted by Crippen LogP contribution is 2.44. The largest absolute Gasteiger partial charge is 0.309 e. The summed E-state index contributed by atoms with van der Waals surface area (Å²) in [6, 6.07) is 60.1. The van der Waals surface area contributed by atoms with E-state index in [-0.39, 0.29) is 0 Å². The summed E-state index contributed by atoms with van der Waals surface area (Å²) in [5.41, 5.74) is 8.70. The van der Waals surface area contributed by atoms with Crippen LogP contribution in [-0.4, -0.2) is 4.57 Å². The lowest BCUT2D eigenvalue weighted by atomic mass is 9.86. The van der Waals surface area contributed by atoms with Crippen LogP contribution in [-0.2, 0) is 0 Å². The van der Waals surface area contributed by atoms with Crippen LogP contribution in [0.25, 0.3) is 91.5 Å². The highest BCUT2D eigenvalue weighted by Gasteiger charge is 2.18. The third-order valence-corrected chi connectivity index (χ3v) is 10.7. The molecule has 0 aliphatic rings. The van der Waals surface area contributed by atoms with E-state index < -0.39 is 0 Å². The second-order valence-corrected chi connectivity index (χ2v) is 13.2. The maximum Gasteiger partial charge on any atom is 0.0555 e. The van der Waals surface area contributed by atoms with Crippen molar-refractivity contribution < 1.29 is 0 Å². The minimum Gasteiger partial charge on any atom is -0.309 e. The average Bonchev–Trinajstić information content (AvgIpc) is 3.65. The van der Waals surface area contributed by atoms with Gasteiger partial charge in [-0.3, -0.25) is 0 Å². The van der Waals surface area contributed by atoms with E-state index in [9.17, 15) is 0 Å². The van der Waals surface area contributed by atoms with Gasteiger partial charge in [0, 0.05) is 36.6 Å². The predicted molar refractivity (Wildman–Crippen MR) is 200 cm³/mol. The van der Waals surface area contributed by atoms with Crippen LogP contribution in [0.5, 0.6) is 0 Å². The number of para-hydroxylation sites is 1. The molecule has 0 spiro atoms. The molecule has 0 N–H and O–H groups in total. The van der Waals surface area contributed by atoms with Gasteiger partial charge in [0.15, 0.2) is 0 Å². The number of hydrogen-bond acceptors (Lipinski definition) is 1. The molecule has 0 radical (unpaired) electrons. The van der Waals surface area contributed by atoms with Crippen molar-refractivity contribution in [2.75, 3.05) is 0 Å². The van der Waals surface area contributed by atoms with Crippen LogP contribution in [0.2, 0.25) is 0 Å². The number of fused-ring (bicyclic) bond motifs is 8. The van der Waals surface area contributed by atoms with Crippen LogP contribution in [0.4, 0.5) is 0 Å². The van der Waals surface area contributed by atoms with Crippen LogP contribution >= 0.6 is 11.3 Å². The molecule has 10 aromatic rings. The summed E-state index contributed by atoms with van der Waals surface area (Å²) >= 11 is 1.88. The van der Waals surface area contributed by atoms with Gasteiger partial charge in [-0.1, -0.05) is 127 Å². The Hall–Kier alpha value is -5.70. The minimum absolute atomic E-state index is 1.17. The van der Waals surface area contributed by atoms with Crippen molar-refractivity contribution in [3.8, 4) is 27.9 Å². The van der Waals surface area contributed by atoms with Gasteiger partial charge in [0.2, 0.25) is 0 Å². The summed E-state index contributed by atoms with van der Waals surface area (Å²) in [6.07, 6.45) is 0. The Morgan fingerprint density at radius 3 is 1.50 bits per heavy atom. The molecule has 10 rings (SSSR count). The number of nitrogens with zero attached hydrogens (tertiary/aromatic N) is 1. The van der Waals surface area contributed by atoms with Crippen molar-refractivity contribution in [1.82, 2.24) is 4.57 Å². The van der Waals surface area contributed by atoms with Crippen LogP contribution < -0.4 is 0 Å². The quantitative estimate of drug-likeness (QED) is 0.178. The van der Waals surface area contributed by atoms with Gasteiger partial charge in [0.1, 0.15) is 0 Å². The second kappa shape index (κ2) is 9.90. The summed E-state index contributed by atoms with van der Waals surface area (Å²) < 4.78 is 5.10. The van der Waals surface area contributed by atoms with E-state index in [2.05, 4.69) is 168 Å². The van der Waals surface area contributed by atoms with Crippen LogP contribution in [0.1, 0.15) is 0 Å². The number of aromatic nitrogens is 1. The van der Waals surface area contributed by atoms with E-state index in [4.69, 9.17) is 0 Å². The lowest BCUT2D eigenvalue weighted by Gasteiger charge is -2.18. The summed E-state index contributed by atoms with van der Waals surface area (Å²) in [4.78, 5) is 0. The van der Waals surface area contributed by atoms with Crippen LogP contribution in [0.3, 0.4) is 0 Å². The highest BCUT2D eigenvalue weighted by molar-refractivity contribution is 7.25. The number of benzene rings is 8. The fourth-order valence-electron chi connectivity index (χ4n) is 7.60. The van der Waals surface area contributed by atoms with Gasteiger partial charge in [-0.25, -0.2) is 0 Å². The van der Waals surface area contributed by atoms with Gasteiger partial charge in [-0.2, -0.15) is 0 Å². The molecule has 0 aliphatic heterocycles. The molecular weight excluding hydrogens is 575 g/mol. The van der Waals surface area contributed by atoms with Crippen molar-refractivity contribution >= 4 is 74.9 Å². The molecule has 2 heterocycles. The molecule has 0 bridgehead atoms. The average molecular weight is 602 g/mol. The Labute approximate surface area is 270 Å². The number of hydrogen-bond donors (Lipinski definition) is 0. The topological polar surface area (TPSA) is 4.93 Å². The van der Waals surface area contributed by atoms with Crippen molar-refractivity contribution in [3.05, 3.63) is 164 Å². The van der Waals surface area contributed by atoms with Crippen molar-refractivity contribution in [1.29, 1.82) is 0 Å². The standard InChI is InChI=1S/C44H27NS/c1-2-12-28(13-3-1)43-33-16-4-6-18-35(33)44(36-19-7-5-17-34(36)43)29-22-24-30(25-23-29)45-39-20-10-8-14-31(39)37-26-38-32-15-9-11-21-41(32)46-42(38)27-40(37)45/h1-27H. The predicted octanol–water partition coefficient (Wildman–Crippen LogP) is 12.8. The lowest BCUT2D eigenvalue weighted by Crippen LogP contribution is -1.94. The zero-order valence-corrected chi connectivity index (χ0v) is 25.8. The van der Waals surface area contributed by atoms with E-state index in [0.717, 1.165) is 0 Å². The Balaban J connectivity index is 1.21. The second-order valence-electron chi connectivity index (χ2n) is 12.1. The van der Waals surface area contributed by atoms with E-state index >= 15 is 0 Å². The molecule has 214 valence electrons. The monoisotopic (exact) mass is 601 g/mol. The highest BCUT2D eigenvalue weighted by atomic mass is 32.1. The smallest absolute Gasteiger partial charge is 0.0555 e. The Kier molecular flexibility index (Phi) is 5.51. The third kappa shape index (κ3) is 3.68. The van der Waals surface area contributed by atoms with E-state index in [1.54, 1.807) is 0 Å². The molecule has 0 atom stereocenters. The molecule has 46 heavy (non-hydrogen) atoms. The normalized spacial score (nSPS) is 11.9. The van der Waals surface area contributed by atoms with E-state index in [1.807, 2.05) is 11.3 Å². The maximum absolute atomic E-state index is 2.44. The summed E-state index contributed by atoms with van der Waals surface area (Å²) in [6.45, 7) is 0. The van der Waals surface area contributed by atoms with Crippen LogP contribution in [0, 0.1) is 0 Å². The lowest BCUT2D eigenvalue weighted by molar-refractivity contribution is 1.18. The van der Waals surface area contributed by atoms with Crippen molar-refractivity contribution in [3.63, 3.8) is 0 Å². The SMILES string of the molecule is c1ccc(-c2c3ccccc3c(-c3ccc(-n4c5ccccc5c5cc6c(cc54)sc4ccccc46)cc3)c3ccccc23)cc1. The van der Waals surface area contributed by atoms with Crippen LogP contribution in [0.15, 0.2) is 164 Å². The Bertz CT molecular complexity index is 2730. The molecular formula is C44H27NS. The molecule has 8 aromatic carbocycles. The number of rotatable bonds is 3. The Morgan fingerprint density at radius 1 is 0.326 bits per heavy atom. The molecule has 0 fully saturated rings. The Morgan fingerprint density at radius 2 is 0.848 bits per heavy atom. The van der Waals surface area contributed by atoms with Gasteiger partial charge >= 0.3 is 0 Å². The van der Waals surface area contributed by atoms with Gasteiger partial charge in [0.05, 0.1) is 11.0 Å². The zero-order valence-electron chi connectivity index (χ0n) is 24.9. The zero-order chi connectivity index (χ0) is 30.2. The van der Waals surface area contributed by atoms with E-state index in [0.29, 0.717) is 0 Å². The third-order valence-electron chi connectivity index (χ3n) is 9.58. The minimum atomic E-state index is 1.17. The van der Waals surface area contributed by atoms with Gasteiger partial charge in [0.25, 0.3) is 0 Å². The molecule has 2 heteroatoms. The molecule has 0 saturated heterocycles. The fourth-order valence-corrected chi connectivity index (χ4v) is 8.72. The molecule has 0 saturated carbocycles. The van der Waals surface area contributed by atoms with Gasteiger partial charge in [-0.15, -0.1) is 11.3 Å². The van der Waals surface area contributed by atoms with E-state index in [1.165, 1.54) is 91.5 Å². The molecule has 0 aliphatic carbocycles. The first-order valence-corrected chi connectivity index (χ1v) is 16.6. The summed E-state index contributed by atoms with van der Waals surface area (Å²) in [5, 5.41) is 10.4. The molecule has 0 unspecified atom stereocenters. The van der Waals surface area contributed by atoms with Crippen molar-refractivity contribution in [2.24, 2.45) is 0 Å². The summed E-state index contributed by atoms with van der Waals surface area (Å²) in [7, 11) is 0. The first-order valence-electron chi connectivity index (χ1n) is 15.8. The fraction of sp³-hybridized carbons (Fsp3) is 0. The van der Waals surface area contributed by atoms with Crippen molar-refractivity contribution in [2.45, 2.75) is 0 Å². The number of thiophene rings is 1.